The molecular formula is C11H12N2O3. The van der Waals surface area contributed by atoms with Crippen molar-refractivity contribution in [1.82, 2.24) is 10.2 Å². The van der Waals surface area contributed by atoms with Crippen LogP contribution in [0, 0.1) is 0 Å². The molecule has 0 amide bonds. The molecule has 0 saturated heterocycles. The van der Waals surface area contributed by atoms with Crippen molar-refractivity contribution in [1.29, 1.82) is 0 Å². The number of benzene rings is 1. The number of hydrogen-bond acceptors (Lipinski definition) is 4. The molecule has 1 heterocycles. The fourth-order valence-electron chi connectivity index (χ4n) is 1.58. The van der Waals surface area contributed by atoms with Gasteiger partial charge in [0.15, 0.2) is 0 Å². The Morgan fingerprint density at radius 3 is 3.06 bits per heavy atom. The van der Waals surface area contributed by atoms with E-state index in [1.807, 2.05) is 24.3 Å². The molecule has 0 radical (unpaired) electrons. The Bertz CT molecular complexity index is 507. The van der Waals surface area contributed by atoms with Gasteiger partial charge in [-0.15, -0.1) is 0 Å². The van der Waals surface area contributed by atoms with Crippen LogP contribution >= 0.6 is 0 Å². The van der Waals surface area contributed by atoms with Crippen molar-refractivity contribution in [2.75, 3.05) is 7.11 Å². The Morgan fingerprint density at radius 2 is 2.31 bits per heavy atom. The first-order valence-corrected chi connectivity index (χ1v) is 4.90. The van der Waals surface area contributed by atoms with Crippen LogP contribution in [-0.4, -0.2) is 28.4 Å². The molecule has 0 aliphatic heterocycles. The van der Waals surface area contributed by atoms with E-state index in [0.29, 0.717) is 5.69 Å². The number of hydrogen-bond donors (Lipinski definition) is 2. The number of ether oxygens (including phenoxy) is 1. The average Bonchev–Trinajstić information content (AvgIpc) is 2.72. The van der Waals surface area contributed by atoms with Crippen molar-refractivity contribution in [3.05, 3.63) is 30.0 Å². The van der Waals surface area contributed by atoms with Crippen molar-refractivity contribution < 1.29 is 14.6 Å². The van der Waals surface area contributed by atoms with Gasteiger partial charge in [0.25, 0.3) is 0 Å². The van der Waals surface area contributed by atoms with Crippen LogP contribution < -0.4 is 0 Å². The van der Waals surface area contributed by atoms with Crippen molar-refractivity contribution in [3.63, 3.8) is 0 Å². The number of carbonyl (C=O) groups is 1. The number of aromatic nitrogens is 2. The number of nitrogens with zero attached hydrogens (tertiary/aromatic N) is 1. The highest BCUT2D eigenvalue weighted by atomic mass is 16.5. The van der Waals surface area contributed by atoms with Gasteiger partial charge in [-0.1, -0.05) is 18.2 Å². The molecule has 0 saturated carbocycles. The van der Waals surface area contributed by atoms with Gasteiger partial charge >= 0.3 is 5.97 Å². The zero-order valence-corrected chi connectivity index (χ0v) is 8.80. The predicted molar refractivity (Wildman–Crippen MR) is 57.7 cm³/mol. The summed E-state index contributed by atoms with van der Waals surface area (Å²) in [6, 6.07) is 7.39. The molecule has 5 nitrogen and oxygen atoms in total. The van der Waals surface area contributed by atoms with E-state index in [4.69, 9.17) is 0 Å². The second-order valence-corrected chi connectivity index (χ2v) is 3.45. The number of rotatable bonds is 3. The number of esters is 1. The molecule has 2 aromatic rings. The Hall–Kier alpha value is -1.88. The number of H-pyrrole nitrogens is 1. The van der Waals surface area contributed by atoms with Crippen molar-refractivity contribution in [3.8, 4) is 0 Å². The maximum absolute atomic E-state index is 11.0. The molecule has 0 bridgehead atoms. The minimum absolute atomic E-state index is 0.0807. The van der Waals surface area contributed by atoms with E-state index in [2.05, 4.69) is 14.9 Å². The summed E-state index contributed by atoms with van der Waals surface area (Å²) in [5.41, 5.74) is 1.31. The van der Waals surface area contributed by atoms with Gasteiger partial charge < -0.3 is 9.84 Å². The highest BCUT2D eigenvalue weighted by Gasteiger charge is 2.17. The van der Waals surface area contributed by atoms with Gasteiger partial charge in [-0.3, -0.25) is 9.89 Å². The number of para-hydroxylation sites is 1. The Labute approximate surface area is 92.0 Å². The lowest BCUT2D eigenvalue weighted by Crippen LogP contribution is -2.08. The van der Waals surface area contributed by atoms with E-state index in [9.17, 15) is 9.90 Å². The number of carbonyl (C=O) groups excluding carboxylic acids is 1. The summed E-state index contributed by atoms with van der Waals surface area (Å²) < 4.78 is 4.50. The number of aromatic amines is 1. The smallest absolute Gasteiger partial charge is 0.308 e. The van der Waals surface area contributed by atoms with Crippen LogP contribution in [0.3, 0.4) is 0 Å². The van der Waals surface area contributed by atoms with Crippen LogP contribution in [0.5, 0.6) is 0 Å². The second kappa shape index (κ2) is 4.32. The van der Waals surface area contributed by atoms with E-state index >= 15 is 0 Å². The summed E-state index contributed by atoms with van der Waals surface area (Å²) in [6.45, 7) is 0. The minimum Gasteiger partial charge on any atom is -0.469 e. The molecular weight excluding hydrogens is 208 g/mol. The van der Waals surface area contributed by atoms with Gasteiger partial charge in [0.05, 0.1) is 24.7 Å². The third kappa shape index (κ3) is 1.90. The largest absolute Gasteiger partial charge is 0.469 e. The molecule has 84 valence electrons. The van der Waals surface area contributed by atoms with Crippen LogP contribution in [0.15, 0.2) is 24.3 Å². The molecule has 16 heavy (non-hydrogen) atoms. The third-order valence-electron chi connectivity index (χ3n) is 2.41. The van der Waals surface area contributed by atoms with Gasteiger partial charge in [-0.05, 0) is 6.07 Å². The van der Waals surface area contributed by atoms with Crippen LogP contribution in [0.1, 0.15) is 18.2 Å². The molecule has 0 aliphatic carbocycles. The molecule has 0 fully saturated rings. The third-order valence-corrected chi connectivity index (χ3v) is 2.41. The molecule has 5 heteroatoms. The van der Waals surface area contributed by atoms with E-state index in [1.54, 1.807) is 0 Å². The fourth-order valence-corrected chi connectivity index (χ4v) is 1.58. The molecule has 2 rings (SSSR count). The number of aliphatic hydroxyl groups is 1. The lowest BCUT2D eigenvalue weighted by molar-refractivity contribution is -0.142. The first-order valence-electron chi connectivity index (χ1n) is 4.90. The van der Waals surface area contributed by atoms with Crippen molar-refractivity contribution >= 4 is 16.9 Å². The topological polar surface area (TPSA) is 75.2 Å². The van der Waals surface area contributed by atoms with Crippen LogP contribution in [0.2, 0.25) is 0 Å². The maximum Gasteiger partial charge on any atom is 0.308 e. The molecule has 1 aromatic carbocycles. The van der Waals surface area contributed by atoms with E-state index in [0.717, 1.165) is 10.9 Å². The fraction of sp³-hybridized carbons (Fsp3) is 0.273. The van der Waals surface area contributed by atoms with Crippen LogP contribution in [0.4, 0.5) is 0 Å². The van der Waals surface area contributed by atoms with Gasteiger partial charge in [0.1, 0.15) is 6.10 Å². The molecule has 1 aromatic heterocycles. The SMILES string of the molecule is COC(=O)C[C@H](O)c1[nH]nc2ccccc12. The van der Waals surface area contributed by atoms with E-state index in [1.165, 1.54) is 7.11 Å². The highest BCUT2D eigenvalue weighted by molar-refractivity contribution is 5.82. The van der Waals surface area contributed by atoms with Gasteiger partial charge in [-0.2, -0.15) is 5.10 Å². The van der Waals surface area contributed by atoms with Crippen molar-refractivity contribution in [2.45, 2.75) is 12.5 Å². The maximum atomic E-state index is 11.0. The zero-order chi connectivity index (χ0) is 11.5. The summed E-state index contributed by atoms with van der Waals surface area (Å²) >= 11 is 0. The second-order valence-electron chi connectivity index (χ2n) is 3.45. The summed E-state index contributed by atoms with van der Waals surface area (Å²) in [5.74, 6) is -0.453. The number of aliphatic hydroxyl groups excluding tert-OH is 1. The number of nitrogens with one attached hydrogen (secondary N) is 1. The van der Waals surface area contributed by atoms with E-state index in [-0.39, 0.29) is 6.42 Å². The summed E-state index contributed by atoms with van der Waals surface area (Å²) in [5, 5.41) is 17.4. The average molecular weight is 220 g/mol. The van der Waals surface area contributed by atoms with Crippen molar-refractivity contribution in [2.24, 2.45) is 0 Å². The number of methoxy groups -OCH3 is 1. The van der Waals surface area contributed by atoms with Gasteiger partial charge in [0, 0.05) is 5.39 Å². The standard InChI is InChI=1S/C11H12N2O3/c1-16-10(15)6-9(14)11-7-4-2-3-5-8(7)12-13-11/h2-5,9,14H,6H2,1H3,(H,12,13)/t9-/m0/s1. The zero-order valence-electron chi connectivity index (χ0n) is 8.80. The lowest BCUT2D eigenvalue weighted by atomic mass is 10.1. The monoisotopic (exact) mass is 220 g/mol. The predicted octanol–water partition coefficient (Wildman–Crippen LogP) is 1.16. The van der Waals surface area contributed by atoms with E-state index < -0.39 is 12.1 Å². The van der Waals surface area contributed by atoms with Crippen LogP contribution in [-0.2, 0) is 9.53 Å². The number of fused-ring (bicyclic) bond motifs is 1. The molecule has 0 aliphatic rings. The van der Waals surface area contributed by atoms with Gasteiger partial charge in [-0.25, -0.2) is 0 Å². The first-order chi connectivity index (χ1) is 7.72. The molecule has 2 N–H and O–H groups in total. The summed E-state index contributed by atoms with van der Waals surface area (Å²) in [6.07, 6.45) is -0.997. The quantitative estimate of drug-likeness (QED) is 0.761. The highest BCUT2D eigenvalue weighted by Crippen LogP contribution is 2.23. The Balaban J connectivity index is 2.29. The minimum atomic E-state index is -0.917. The Morgan fingerprint density at radius 1 is 1.56 bits per heavy atom. The molecule has 0 spiro atoms. The lowest BCUT2D eigenvalue weighted by Gasteiger charge is -2.06. The Kier molecular flexibility index (Phi) is 2.87. The normalized spacial score (nSPS) is 12.6. The summed E-state index contributed by atoms with van der Waals surface area (Å²) in [7, 11) is 1.29. The van der Waals surface area contributed by atoms with Gasteiger partial charge in [0.2, 0.25) is 0 Å². The molecule has 0 unspecified atom stereocenters. The first kappa shape index (κ1) is 10.6. The van der Waals surface area contributed by atoms with Crippen LogP contribution in [0.25, 0.3) is 10.9 Å². The molecule has 1 atom stereocenters. The summed E-state index contributed by atoms with van der Waals surface area (Å²) in [4.78, 5) is 11.0.